The molecule has 1 N–H and O–H groups in total. The molecule has 2 rings (SSSR count). The Balaban J connectivity index is 1.97. The molecule has 0 bridgehead atoms. The minimum Gasteiger partial charge on any atom is -0.497 e. The summed E-state index contributed by atoms with van der Waals surface area (Å²) in [6, 6.07) is 9.05. The monoisotopic (exact) mass is 290 g/mol. The molecule has 1 aliphatic heterocycles. The molecule has 1 aromatic rings. The summed E-state index contributed by atoms with van der Waals surface area (Å²) in [5.74, 6) is 0.956. The number of ether oxygens (including phenoxy) is 1. The molecule has 1 saturated heterocycles. The van der Waals surface area contributed by atoms with Crippen molar-refractivity contribution in [2.45, 2.75) is 51.6 Å². The average Bonchev–Trinajstić information content (AvgIpc) is 2.54. The summed E-state index contributed by atoms with van der Waals surface area (Å²) in [6.07, 6.45) is 3.49. The van der Waals surface area contributed by atoms with Gasteiger partial charge >= 0.3 is 0 Å². The summed E-state index contributed by atoms with van der Waals surface area (Å²) in [7, 11) is 1.73. The van der Waals surface area contributed by atoms with Crippen LogP contribution in [0.1, 0.15) is 39.2 Å². The summed E-state index contributed by atoms with van der Waals surface area (Å²) in [6.45, 7) is 10.3. The molecule has 1 aliphatic rings. The van der Waals surface area contributed by atoms with Gasteiger partial charge in [0.05, 0.1) is 7.11 Å². The lowest BCUT2D eigenvalue weighted by atomic mass is 9.88. The van der Waals surface area contributed by atoms with Crippen molar-refractivity contribution in [2.75, 3.05) is 26.7 Å². The largest absolute Gasteiger partial charge is 0.497 e. The number of piperazine rings is 1. The SMILES string of the molecule is CCC1(CC)CN(CCc2cccc(OC)c2)C(C)CN1. The van der Waals surface area contributed by atoms with Crippen molar-refractivity contribution in [3.05, 3.63) is 29.8 Å². The molecule has 1 heterocycles. The van der Waals surface area contributed by atoms with Gasteiger partial charge < -0.3 is 10.1 Å². The van der Waals surface area contributed by atoms with Crippen LogP contribution in [0.5, 0.6) is 5.75 Å². The first-order valence-corrected chi connectivity index (χ1v) is 8.24. The fraction of sp³-hybridized carbons (Fsp3) is 0.667. The van der Waals surface area contributed by atoms with E-state index >= 15 is 0 Å². The maximum atomic E-state index is 5.31. The van der Waals surface area contributed by atoms with E-state index in [9.17, 15) is 0 Å². The Morgan fingerprint density at radius 2 is 2.10 bits per heavy atom. The lowest BCUT2D eigenvalue weighted by Gasteiger charge is -2.46. The van der Waals surface area contributed by atoms with E-state index in [2.05, 4.69) is 49.2 Å². The maximum absolute atomic E-state index is 5.31. The van der Waals surface area contributed by atoms with E-state index in [1.807, 2.05) is 6.07 Å². The van der Waals surface area contributed by atoms with Crippen LogP contribution in [0.25, 0.3) is 0 Å². The number of nitrogens with one attached hydrogen (secondary N) is 1. The van der Waals surface area contributed by atoms with E-state index in [-0.39, 0.29) is 0 Å². The number of rotatable bonds is 6. The smallest absolute Gasteiger partial charge is 0.119 e. The van der Waals surface area contributed by atoms with Gasteiger partial charge in [0.2, 0.25) is 0 Å². The number of benzene rings is 1. The normalized spacial score (nSPS) is 22.2. The van der Waals surface area contributed by atoms with Crippen molar-refractivity contribution >= 4 is 0 Å². The first-order valence-electron chi connectivity index (χ1n) is 8.24. The molecular formula is C18H30N2O. The van der Waals surface area contributed by atoms with Gasteiger partial charge in [0.15, 0.2) is 0 Å². The van der Waals surface area contributed by atoms with E-state index in [0.717, 1.165) is 31.8 Å². The van der Waals surface area contributed by atoms with Crippen LogP contribution in [0.15, 0.2) is 24.3 Å². The molecular weight excluding hydrogens is 260 g/mol. The Morgan fingerprint density at radius 1 is 1.33 bits per heavy atom. The molecule has 1 fully saturated rings. The predicted molar refractivity (Wildman–Crippen MR) is 89.0 cm³/mol. The first-order chi connectivity index (χ1) is 10.1. The highest BCUT2D eigenvalue weighted by Crippen LogP contribution is 2.23. The van der Waals surface area contributed by atoms with Gasteiger partial charge in [-0.15, -0.1) is 0 Å². The zero-order chi connectivity index (χ0) is 15.3. The summed E-state index contributed by atoms with van der Waals surface area (Å²) < 4.78 is 5.31. The van der Waals surface area contributed by atoms with E-state index in [0.29, 0.717) is 11.6 Å². The molecule has 1 aromatic carbocycles. The summed E-state index contributed by atoms with van der Waals surface area (Å²) >= 11 is 0. The Morgan fingerprint density at radius 3 is 2.76 bits per heavy atom. The van der Waals surface area contributed by atoms with Gasteiger partial charge in [-0.05, 0) is 43.9 Å². The van der Waals surface area contributed by atoms with Crippen LogP contribution in [-0.2, 0) is 6.42 Å². The summed E-state index contributed by atoms with van der Waals surface area (Å²) in [4.78, 5) is 2.64. The van der Waals surface area contributed by atoms with Crippen LogP contribution in [0.2, 0.25) is 0 Å². The van der Waals surface area contributed by atoms with Crippen molar-refractivity contribution in [3.8, 4) is 5.75 Å². The fourth-order valence-electron chi connectivity index (χ4n) is 3.22. The Labute approximate surface area is 129 Å². The second-order valence-electron chi connectivity index (χ2n) is 6.29. The molecule has 3 nitrogen and oxygen atoms in total. The zero-order valence-electron chi connectivity index (χ0n) is 14.0. The third-order valence-electron chi connectivity index (χ3n) is 5.08. The predicted octanol–water partition coefficient (Wildman–Crippen LogP) is 3.09. The van der Waals surface area contributed by atoms with Gasteiger partial charge in [0, 0.05) is 31.2 Å². The van der Waals surface area contributed by atoms with Crippen LogP contribution in [0.4, 0.5) is 0 Å². The van der Waals surface area contributed by atoms with E-state index in [4.69, 9.17) is 4.74 Å². The van der Waals surface area contributed by atoms with Crippen LogP contribution in [0, 0.1) is 0 Å². The molecule has 118 valence electrons. The number of methoxy groups -OCH3 is 1. The van der Waals surface area contributed by atoms with Crippen LogP contribution in [-0.4, -0.2) is 43.2 Å². The Bertz CT molecular complexity index is 443. The van der Waals surface area contributed by atoms with Crippen molar-refractivity contribution in [2.24, 2.45) is 0 Å². The standard InChI is InChI=1S/C18H30N2O/c1-5-18(6-2)14-20(15(3)13-19-18)11-10-16-8-7-9-17(12-16)21-4/h7-9,12,15,19H,5-6,10-11,13-14H2,1-4H3. The molecule has 0 amide bonds. The minimum absolute atomic E-state index is 0.306. The van der Waals surface area contributed by atoms with Crippen LogP contribution >= 0.6 is 0 Å². The van der Waals surface area contributed by atoms with Gasteiger partial charge in [0.1, 0.15) is 5.75 Å². The molecule has 1 atom stereocenters. The van der Waals surface area contributed by atoms with Crippen LogP contribution < -0.4 is 10.1 Å². The number of hydrogen-bond donors (Lipinski definition) is 1. The summed E-state index contributed by atoms with van der Waals surface area (Å²) in [5.41, 5.74) is 1.67. The highest BCUT2D eigenvalue weighted by Gasteiger charge is 2.34. The van der Waals surface area contributed by atoms with Crippen molar-refractivity contribution in [1.82, 2.24) is 10.2 Å². The topological polar surface area (TPSA) is 24.5 Å². The second kappa shape index (κ2) is 7.28. The van der Waals surface area contributed by atoms with Gasteiger partial charge in [-0.3, -0.25) is 4.90 Å². The Hall–Kier alpha value is -1.06. The molecule has 0 saturated carbocycles. The molecule has 0 spiro atoms. The molecule has 1 unspecified atom stereocenters. The summed E-state index contributed by atoms with van der Waals surface area (Å²) in [5, 5.41) is 3.77. The van der Waals surface area contributed by atoms with Crippen molar-refractivity contribution in [3.63, 3.8) is 0 Å². The quantitative estimate of drug-likeness (QED) is 0.871. The van der Waals surface area contributed by atoms with Gasteiger partial charge in [0.25, 0.3) is 0 Å². The fourth-order valence-corrected chi connectivity index (χ4v) is 3.22. The average molecular weight is 290 g/mol. The van der Waals surface area contributed by atoms with E-state index < -0.39 is 0 Å². The highest BCUT2D eigenvalue weighted by molar-refractivity contribution is 5.28. The third kappa shape index (κ3) is 3.98. The first kappa shape index (κ1) is 16.3. The number of nitrogens with zero attached hydrogens (tertiary/aromatic N) is 1. The zero-order valence-corrected chi connectivity index (χ0v) is 14.0. The highest BCUT2D eigenvalue weighted by atomic mass is 16.5. The lowest BCUT2D eigenvalue weighted by molar-refractivity contribution is 0.0819. The molecule has 0 aliphatic carbocycles. The van der Waals surface area contributed by atoms with Crippen molar-refractivity contribution < 1.29 is 4.74 Å². The maximum Gasteiger partial charge on any atom is 0.119 e. The molecule has 0 radical (unpaired) electrons. The Kier molecular flexibility index (Phi) is 5.65. The third-order valence-corrected chi connectivity index (χ3v) is 5.08. The van der Waals surface area contributed by atoms with Gasteiger partial charge in [-0.1, -0.05) is 26.0 Å². The molecule has 3 heteroatoms. The van der Waals surface area contributed by atoms with Gasteiger partial charge in [-0.25, -0.2) is 0 Å². The number of hydrogen-bond acceptors (Lipinski definition) is 3. The van der Waals surface area contributed by atoms with Gasteiger partial charge in [-0.2, -0.15) is 0 Å². The molecule has 0 aromatic heterocycles. The lowest BCUT2D eigenvalue weighted by Crippen LogP contribution is -2.63. The van der Waals surface area contributed by atoms with E-state index in [1.165, 1.54) is 18.4 Å². The van der Waals surface area contributed by atoms with E-state index in [1.54, 1.807) is 7.11 Å². The second-order valence-corrected chi connectivity index (χ2v) is 6.29. The van der Waals surface area contributed by atoms with Crippen molar-refractivity contribution in [1.29, 1.82) is 0 Å². The van der Waals surface area contributed by atoms with Crippen LogP contribution in [0.3, 0.4) is 0 Å². The molecule has 21 heavy (non-hydrogen) atoms. The minimum atomic E-state index is 0.306.